The minimum Gasteiger partial charge on any atom is -0.447 e. The number of carbonyl (C=O) groups is 1. The SMILES string of the molecule is CCC(=O)OC(C#N)C(C)C. The van der Waals surface area contributed by atoms with Gasteiger partial charge >= 0.3 is 5.97 Å². The molecule has 0 aliphatic carbocycles. The van der Waals surface area contributed by atoms with Crippen molar-refractivity contribution in [3.63, 3.8) is 0 Å². The quantitative estimate of drug-likeness (QED) is 0.580. The van der Waals surface area contributed by atoms with Crippen LogP contribution in [0.4, 0.5) is 0 Å². The molecule has 11 heavy (non-hydrogen) atoms. The van der Waals surface area contributed by atoms with E-state index in [1.807, 2.05) is 19.9 Å². The van der Waals surface area contributed by atoms with E-state index in [2.05, 4.69) is 0 Å². The van der Waals surface area contributed by atoms with Gasteiger partial charge in [-0.1, -0.05) is 20.8 Å². The Morgan fingerprint density at radius 3 is 2.45 bits per heavy atom. The molecule has 0 amide bonds. The summed E-state index contributed by atoms with van der Waals surface area (Å²) in [5.74, 6) is -0.249. The van der Waals surface area contributed by atoms with Crippen LogP contribution in [0.25, 0.3) is 0 Å². The highest BCUT2D eigenvalue weighted by molar-refractivity contribution is 5.69. The van der Waals surface area contributed by atoms with Gasteiger partial charge in [-0.25, -0.2) is 0 Å². The topological polar surface area (TPSA) is 50.1 Å². The van der Waals surface area contributed by atoms with Gasteiger partial charge in [-0.2, -0.15) is 5.26 Å². The Hall–Kier alpha value is -1.04. The van der Waals surface area contributed by atoms with Crippen LogP contribution in [0.5, 0.6) is 0 Å². The highest BCUT2D eigenvalue weighted by Crippen LogP contribution is 2.05. The maximum atomic E-state index is 10.7. The molecule has 0 aromatic rings. The average molecular weight is 155 g/mol. The third-order valence-corrected chi connectivity index (χ3v) is 1.28. The normalized spacial score (nSPS) is 12.3. The highest BCUT2D eigenvalue weighted by atomic mass is 16.5. The van der Waals surface area contributed by atoms with E-state index in [9.17, 15) is 4.79 Å². The van der Waals surface area contributed by atoms with Gasteiger partial charge in [0, 0.05) is 12.3 Å². The summed E-state index contributed by atoms with van der Waals surface area (Å²) in [4.78, 5) is 10.7. The lowest BCUT2D eigenvalue weighted by molar-refractivity contribution is -0.147. The van der Waals surface area contributed by atoms with Crippen molar-refractivity contribution in [2.75, 3.05) is 0 Å². The summed E-state index contributed by atoms with van der Waals surface area (Å²) in [5, 5.41) is 8.51. The molecule has 3 heteroatoms. The summed E-state index contributed by atoms with van der Waals surface area (Å²) < 4.78 is 4.81. The number of ether oxygens (including phenoxy) is 1. The number of nitrogens with zero attached hydrogens (tertiary/aromatic N) is 1. The Morgan fingerprint density at radius 1 is 1.64 bits per heavy atom. The van der Waals surface area contributed by atoms with Crippen LogP contribution in [0.15, 0.2) is 0 Å². The second kappa shape index (κ2) is 4.73. The van der Waals surface area contributed by atoms with Crippen LogP contribution in [0.3, 0.4) is 0 Å². The van der Waals surface area contributed by atoms with Crippen molar-refractivity contribution in [3.05, 3.63) is 0 Å². The Bertz CT molecular complexity index is 169. The van der Waals surface area contributed by atoms with Crippen LogP contribution in [0.1, 0.15) is 27.2 Å². The summed E-state index contributed by atoms with van der Waals surface area (Å²) in [6.45, 7) is 5.39. The summed E-state index contributed by atoms with van der Waals surface area (Å²) in [7, 11) is 0. The number of esters is 1. The molecule has 1 atom stereocenters. The molecule has 62 valence electrons. The van der Waals surface area contributed by atoms with Crippen molar-refractivity contribution in [2.24, 2.45) is 5.92 Å². The molecule has 1 unspecified atom stereocenters. The smallest absolute Gasteiger partial charge is 0.306 e. The summed E-state index contributed by atoms with van der Waals surface area (Å²) >= 11 is 0. The van der Waals surface area contributed by atoms with Crippen LogP contribution < -0.4 is 0 Å². The van der Waals surface area contributed by atoms with Gasteiger partial charge in [0.15, 0.2) is 6.10 Å². The summed E-state index contributed by atoms with van der Waals surface area (Å²) in [6, 6.07) is 1.92. The summed E-state index contributed by atoms with van der Waals surface area (Å²) in [6.07, 6.45) is -0.271. The largest absolute Gasteiger partial charge is 0.447 e. The van der Waals surface area contributed by atoms with Crippen LogP contribution in [-0.2, 0) is 9.53 Å². The van der Waals surface area contributed by atoms with Gasteiger partial charge in [-0.15, -0.1) is 0 Å². The number of hydrogen-bond donors (Lipinski definition) is 0. The average Bonchev–Trinajstić information content (AvgIpc) is 1.99. The molecule has 0 radical (unpaired) electrons. The number of rotatable bonds is 3. The van der Waals surface area contributed by atoms with E-state index in [0.29, 0.717) is 6.42 Å². The van der Waals surface area contributed by atoms with Crippen LogP contribution in [-0.4, -0.2) is 12.1 Å². The van der Waals surface area contributed by atoms with Gasteiger partial charge in [0.2, 0.25) is 0 Å². The van der Waals surface area contributed by atoms with E-state index >= 15 is 0 Å². The van der Waals surface area contributed by atoms with Crippen LogP contribution >= 0.6 is 0 Å². The maximum absolute atomic E-state index is 10.7. The van der Waals surface area contributed by atoms with Crippen molar-refractivity contribution < 1.29 is 9.53 Å². The minimum absolute atomic E-state index is 0.0653. The van der Waals surface area contributed by atoms with E-state index in [0.717, 1.165) is 0 Å². The van der Waals surface area contributed by atoms with Gasteiger partial charge in [0.1, 0.15) is 6.07 Å². The lowest BCUT2D eigenvalue weighted by Gasteiger charge is -2.12. The van der Waals surface area contributed by atoms with Crippen molar-refractivity contribution in [1.82, 2.24) is 0 Å². The highest BCUT2D eigenvalue weighted by Gasteiger charge is 2.15. The molecular weight excluding hydrogens is 142 g/mol. The molecule has 0 aliphatic heterocycles. The fourth-order valence-electron chi connectivity index (χ4n) is 0.536. The van der Waals surface area contributed by atoms with E-state index in [-0.39, 0.29) is 11.9 Å². The predicted octanol–water partition coefficient (Wildman–Crippen LogP) is 1.49. The zero-order valence-electron chi connectivity index (χ0n) is 7.13. The van der Waals surface area contributed by atoms with Gasteiger partial charge in [-0.05, 0) is 0 Å². The van der Waals surface area contributed by atoms with E-state index in [4.69, 9.17) is 10.00 Å². The fraction of sp³-hybridized carbons (Fsp3) is 0.750. The Kier molecular flexibility index (Phi) is 4.28. The Morgan fingerprint density at radius 2 is 2.18 bits per heavy atom. The van der Waals surface area contributed by atoms with Crippen molar-refractivity contribution in [3.8, 4) is 6.07 Å². The maximum Gasteiger partial charge on any atom is 0.306 e. The summed E-state index contributed by atoms with van der Waals surface area (Å²) in [5.41, 5.74) is 0. The molecule has 0 aromatic heterocycles. The third-order valence-electron chi connectivity index (χ3n) is 1.28. The van der Waals surface area contributed by atoms with E-state index in [1.165, 1.54) is 0 Å². The molecule has 0 spiro atoms. The monoisotopic (exact) mass is 155 g/mol. The van der Waals surface area contributed by atoms with E-state index < -0.39 is 6.10 Å². The standard InChI is InChI=1S/C8H13NO2/c1-4-8(10)11-7(5-9)6(2)3/h6-7H,4H2,1-3H3. The number of carbonyl (C=O) groups excluding carboxylic acids is 1. The zero-order valence-corrected chi connectivity index (χ0v) is 7.13. The van der Waals surface area contributed by atoms with Crippen LogP contribution in [0.2, 0.25) is 0 Å². The van der Waals surface area contributed by atoms with Crippen molar-refractivity contribution in [1.29, 1.82) is 5.26 Å². The van der Waals surface area contributed by atoms with Gasteiger partial charge < -0.3 is 4.74 Å². The fourth-order valence-corrected chi connectivity index (χ4v) is 0.536. The first kappa shape index (κ1) is 9.96. The first-order valence-electron chi connectivity index (χ1n) is 3.70. The lowest BCUT2D eigenvalue weighted by atomic mass is 10.1. The molecular formula is C8H13NO2. The van der Waals surface area contributed by atoms with Crippen LogP contribution in [0, 0.1) is 17.2 Å². The van der Waals surface area contributed by atoms with Crippen molar-refractivity contribution >= 4 is 5.97 Å². The lowest BCUT2D eigenvalue weighted by Crippen LogP contribution is -2.21. The third kappa shape index (κ3) is 3.61. The molecule has 0 saturated carbocycles. The molecule has 0 N–H and O–H groups in total. The van der Waals surface area contributed by atoms with Gasteiger partial charge in [0.05, 0.1) is 0 Å². The molecule has 3 nitrogen and oxygen atoms in total. The Balaban J connectivity index is 3.91. The molecule has 0 aromatic carbocycles. The first-order valence-corrected chi connectivity index (χ1v) is 3.70. The van der Waals surface area contributed by atoms with Gasteiger partial charge in [0.25, 0.3) is 0 Å². The van der Waals surface area contributed by atoms with E-state index in [1.54, 1.807) is 6.92 Å². The zero-order chi connectivity index (χ0) is 8.85. The predicted molar refractivity (Wildman–Crippen MR) is 40.6 cm³/mol. The van der Waals surface area contributed by atoms with Crippen molar-refractivity contribution in [2.45, 2.75) is 33.3 Å². The number of nitriles is 1. The second-order valence-corrected chi connectivity index (χ2v) is 2.64. The molecule has 0 saturated heterocycles. The second-order valence-electron chi connectivity index (χ2n) is 2.64. The molecule has 0 bridgehead atoms. The molecule has 0 heterocycles. The first-order chi connectivity index (χ1) is 5.11. The Labute approximate surface area is 67.0 Å². The molecule has 0 fully saturated rings. The van der Waals surface area contributed by atoms with Gasteiger partial charge in [-0.3, -0.25) is 4.79 Å². The minimum atomic E-state index is -0.595. The number of hydrogen-bond acceptors (Lipinski definition) is 3. The molecule has 0 rings (SSSR count). The molecule has 0 aliphatic rings.